The number of carbonyl (C=O) groups excluding carboxylic acids is 1. The lowest BCUT2D eigenvalue weighted by molar-refractivity contribution is -0.385. The monoisotopic (exact) mass is 366 g/mol. The second-order valence-electron chi connectivity index (χ2n) is 5.67. The van der Waals surface area contributed by atoms with E-state index in [-0.39, 0.29) is 41.4 Å². The average molecular weight is 367 g/mol. The number of amides is 1. The number of carbonyl (C=O) groups is 1. The maximum absolute atomic E-state index is 13.1. The summed E-state index contributed by atoms with van der Waals surface area (Å²) in [5, 5.41) is 18.6. The third-order valence-corrected chi connectivity index (χ3v) is 4.15. The molecule has 1 N–H and O–H groups in total. The van der Waals surface area contributed by atoms with Crippen LogP contribution < -0.4 is 5.32 Å². The molecule has 25 heavy (non-hydrogen) atoms. The van der Waals surface area contributed by atoms with E-state index in [0.29, 0.717) is 19.6 Å². The standard InChI is InChI=1S/C15H18N6O3.ClH/c1-10-13(21(23)24)14(19(2)18-10)15(22)20-7-6-17-9-12(20)11-4-3-5-16-8-11;/h3-5,8,12,17H,6-7,9H2,1-2H3;1H. The predicted molar refractivity (Wildman–Crippen MR) is 92.7 cm³/mol. The number of piperazine rings is 1. The number of nitrogens with one attached hydrogen (secondary N) is 1. The van der Waals surface area contributed by atoms with Gasteiger partial charge in [-0.25, -0.2) is 0 Å². The summed E-state index contributed by atoms with van der Waals surface area (Å²) in [6.07, 6.45) is 3.38. The predicted octanol–water partition coefficient (Wildman–Crippen LogP) is 1.24. The molecule has 2 aromatic heterocycles. The van der Waals surface area contributed by atoms with Crippen LogP contribution in [0.25, 0.3) is 0 Å². The molecular weight excluding hydrogens is 348 g/mol. The summed E-state index contributed by atoms with van der Waals surface area (Å²) in [6, 6.07) is 3.48. The van der Waals surface area contributed by atoms with Crippen molar-refractivity contribution in [2.24, 2.45) is 7.05 Å². The molecule has 1 aliphatic rings. The third-order valence-electron chi connectivity index (χ3n) is 4.15. The highest BCUT2D eigenvalue weighted by Crippen LogP contribution is 2.28. The van der Waals surface area contributed by atoms with Crippen LogP contribution in [-0.2, 0) is 7.05 Å². The Labute approximate surface area is 150 Å². The van der Waals surface area contributed by atoms with Crippen molar-refractivity contribution >= 4 is 24.0 Å². The van der Waals surface area contributed by atoms with Crippen LogP contribution in [0.2, 0.25) is 0 Å². The van der Waals surface area contributed by atoms with Crippen molar-refractivity contribution in [3.63, 3.8) is 0 Å². The Hall–Kier alpha value is -2.52. The summed E-state index contributed by atoms with van der Waals surface area (Å²) in [6.45, 7) is 3.19. The summed E-state index contributed by atoms with van der Waals surface area (Å²) < 4.78 is 1.29. The topological polar surface area (TPSA) is 106 Å². The molecule has 134 valence electrons. The molecule has 2 aromatic rings. The van der Waals surface area contributed by atoms with Crippen LogP contribution in [0, 0.1) is 17.0 Å². The highest BCUT2D eigenvalue weighted by Gasteiger charge is 2.36. The lowest BCUT2D eigenvalue weighted by Gasteiger charge is -2.36. The highest BCUT2D eigenvalue weighted by molar-refractivity contribution is 5.97. The average Bonchev–Trinajstić information content (AvgIpc) is 2.89. The first-order valence-corrected chi connectivity index (χ1v) is 7.60. The van der Waals surface area contributed by atoms with Crippen LogP contribution in [0.15, 0.2) is 24.5 Å². The first-order chi connectivity index (χ1) is 11.5. The number of pyridine rings is 1. The molecule has 1 unspecified atom stereocenters. The Bertz CT molecular complexity index is 779. The minimum absolute atomic E-state index is 0. The number of hydrogen-bond acceptors (Lipinski definition) is 6. The van der Waals surface area contributed by atoms with E-state index in [4.69, 9.17) is 0 Å². The Morgan fingerprint density at radius 3 is 2.88 bits per heavy atom. The van der Waals surface area contributed by atoms with Crippen molar-refractivity contribution in [1.29, 1.82) is 0 Å². The Morgan fingerprint density at radius 2 is 2.24 bits per heavy atom. The zero-order chi connectivity index (χ0) is 17.3. The molecule has 0 aromatic carbocycles. The molecule has 0 aliphatic carbocycles. The molecule has 9 nitrogen and oxygen atoms in total. The minimum atomic E-state index is -0.545. The van der Waals surface area contributed by atoms with Gasteiger partial charge in [0.2, 0.25) is 5.69 Å². The van der Waals surface area contributed by atoms with Gasteiger partial charge in [-0.15, -0.1) is 12.4 Å². The van der Waals surface area contributed by atoms with Crippen molar-refractivity contribution in [3.8, 4) is 0 Å². The number of halogens is 1. The van der Waals surface area contributed by atoms with Crippen molar-refractivity contribution < 1.29 is 9.72 Å². The fourth-order valence-electron chi connectivity index (χ4n) is 3.06. The molecule has 1 atom stereocenters. The first-order valence-electron chi connectivity index (χ1n) is 7.60. The number of aryl methyl sites for hydroxylation is 2. The van der Waals surface area contributed by atoms with Crippen molar-refractivity contribution in [3.05, 3.63) is 51.6 Å². The maximum Gasteiger partial charge on any atom is 0.322 e. The van der Waals surface area contributed by atoms with Crippen molar-refractivity contribution in [1.82, 2.24) is 25.0 Å². The Balaban J connectivity index is 0.00000225. The minimum Gasteiger partial charge on any atom is -0.327 e. The quantitative estimate of drug-likeness (QED) is 0.647. The molecule has 3 heterocycles. The van der Waals surface area contributed by atoms with E-state index in [2.05, 4.69) is 15.4 Å². The second kappa shape index (κ2) is 7.58. The molecule has 1 amide bonds. The van der Waals surface area contributed by atoms with Crippen LogP contribution in [0.4, 0.5) is 5.69 Å². The number of nitro groups is 1. The summed E-state index contributed by atoms with van der Waals surface area (Å²) in [5.41, 5.74) is 0.901. The van der Waals surface area contributed by atoms with E-state index in [1.54, 1.807) is 24.3 Å². The largest absolute Gasteiger partial charge is 0.327 e. The van der Waals surface area contributed by atoms with Crippen molar-refractivity contribution in [2.75, 3.05) is 19.6 Å². The van der Waals surface area contributed by atoms with Crippen LogP contribution in [0.3, 0.4) is 0 Å². The van der Waals surface area contributed by atoms with Gasteiger partial charge in [0.1, 0.15) is 5.69 Å². The van der Waals surface area contributed by atoms with Gasteiger partial charge in [-0.2, -0.15) is 5.10 Å². The van der Waals surface area contributed by atoms with E-state index in [0.717, 1.165) is 5.56 Å². The number of aromatic nitrogens is 3. The third kappa shape index (κ3) is 3.47. The molecule has 1 saturated heterocycles. The maximum atomic E-state index is 13.1. The summed E-state index contributed by atoms with van der Waals surface area (Å²) in [5.74, 6) is -0.389. The number of hydrogen-bond donors (Lipinski definition) is 1. The molecule has 0 saturated carbocycles. The fraction of sp³-hybridized carbons (Fsp3) is 0.400. The summed E-state index contributed by atoms with van der Waals surface area (Å²) >= 11 is 0. The normalized spacial score (nSPS) is 17.0. The number of nitrogens with zero attached hydrogens (tertiary/aromatic N) is 5. The van der Waals surface area contributed by atoms with Gasteiger partial charge in [0.15, 0.2) is 0 Å². The van der Waals surface area contributed by atoms with E-state index >= 15 is 0 Å². The lowest BCUT2D eigenvalue weighted by Crippen LogP contribution is -2.49. The molecule has 0 bridgehead atoms. The van der Waals surface area contributed by atoms with Crippen LogP contribution >= 0.6 is 12.4 Å². The van der Waals surface area contributed by atoms with Gasteiger partial charge in [-0.3, -0.25) is 24.6 Å². The Morgan fingerprint density at radius 1 is 1.48 bits per heavy atom. The summed E-state index contributed by atoms with van der Waals surface area (Å²) in [7, 11) is 1.55. The lowest BCUT2D eigenvalue weighted by atomic mass is 10.0. The van der Waals surface area contributed by atoms with Crippen LogP contribution in [-0.4, -0.2) is 50.1 Å². The highest BCUT2D eigenvalue weighted by atomic mass is 35.5. The van der Waals surface area contributed by atoms with E-state index in [1.807, 2.05) is 12.1 Å². The van der Waals surface area contributed by atoms with E-state index < -0.39 is 4.92 Å². The molecule has 1 fully saturated rings. The van der Waals surface area contributed by atoms with Gasteiger partial charge in [-0.05, 0) is 18.6 Å². The van der Waals surface area contributed by atoms with Crippen molar-refractivity contribution in [2.45, 2.75) is 13.0 Å². The van der Waals surface area contributed by atoms with Gasteiger partial charge in [0, 0.05) is 39.1 Å². The zero-order valence-corrected chi connectivity index (χ0v) is 14.7. The Kier molecular flexibility index (Phi) is 5.70. The molecular formula is C15H19ClN6O3. The summed E-state index contributed by atoms with van der Waals surface area (Å²) in [4.78, 5) is 29.6. The van der Waals surface area contributed by atoms with Crippen LogP contribution in [0.5, 0.6) is 0 Å². The van der Waals surface area contributed by atoms with Crippen LogP contribution in [0.1, 0.15) is 27.8 Å². The molecule has 1 aliphatic heterocycles. The smallest absolute Gasteiger partial charge is 0.322 e. The number of rotatable bonds is 3. The van der Waals surface area contributed by atoms with Gasteiger partial charge in [0.25, 0.3) is 5.91 Å². The molecule has 3 rings (SSSR count). The molecule has 10 heteroatoms. The molecule has 0 radical (unpaired) electrons. The van der Waals surface area contributed by atoms with Gasteiger partial charge >= 0.3 is 5.69 Å². The second-order valence-corrected chi connectivity index (χ2v) is 5.67. The van der Waals surface area contributed by atoms with Gasteiger partial charge in [-0.1, -0.05) is 6.07 Å². The van der Waals surface area contributed by atoms with E-state index in [9.17, 15) is 14.9 Å². The SMILES string of the molecule is Cc1nn(C)c(C(=O)N2CCNCC2c2cccnc2)c1[N+](=O)[O-].Cl. The fourth-order valence-corrected chi connectivity index (χ4v) is 3.06. The zero-order valence-electron chi connectivity index (χ0n) is 13.9. The van der Waals surface area contributed by atoms with Gasteiger partial charge in [0.05, 0.1) is 11.0 Å². The van der Waals surface area contributed by atoms with E-state index in [1.165, 1.54) is 11.6 Å². The first kappa shape index (κ1) is 18.8. The van der Waals surface area contributed by atoms with Gasteiger partial charge < -0.3 is 10.2 Å². The molecule has 0 spiro atoms.